The number of benzene rings is 1. The van der Waals surface area contributed by atoms with E-state index in [1.807, 2.05) is 0 Å². The zero-order valence-electron chi connectivity index (χ0n) is 13.3. The lowest BCUT2D eigenvalue weighted by molar-refractivity contribution is 0.286. The number of likely N-dealkylation sites (N-methyl/N-ethyl adjacent to an activating group) is 1. The molecule has 1 unspecified atom stereocenters. The standard InChI is InChI=1S/C19H31N/c1-3-20-19(15-18-14-10-9-11-16(18)2)17-12-7-5-4-6-8-13-17/h9-11,14,17,19-20H,3-8,12-13,15H2,1-2H3. The Morgan fingerprint density at radius 1 is 1.05 bits per heavy atom. The number of hydrogen-bond acceptors (Lipinski definition) is 1. The van der Waals surface area contributed by atoms with Crippen LogP contribution in [0.3, 0.4) is 0 Å². The molecule has 0 aromatic heterocycles. The third-order valence-corrected chi connectivity index (χ3v) is 4.89. The van der Waals surface area contributed by atoms with Gasteiger partial charge in [-0.05, 0) is 49.8 Å². The summed E-state index contributed by atoms with van der Waals surface area (Å²) in [5.41, 5.74) is 2.97. The predicted octanol–water partition coefficient (Wildman–Crippen LogP) is 4.88. The van der Waals surface area contributed by atoms with E-state index in [1.165, 1.54) is 62.5 Å². The van der Waals surface area contributed by atoms with Gasteiger partial charge in [0.05, 0.1) is 0 Å². The zero-order valence-corrected chi connectivity index (χ0v) is 13.3. The fourth-order valence-electron chi connectivity index (χ4n) is 3.63. The van der Waals surface area contributed by atoms with Crippen LogP contribution in [0.5, 0.6) is 0 Å². The number of aryl methyl sites for hydroxylation is 1. The Hall–Kier alpha value is -0.820. The van der Waals surface area contributed by atoms with Gasteiger partial charge in [-0.3, -0.25) is 0 Å². The van der Waals surface area contributed by atoms with Gasteiger partial charge in [0, 0.05) is 6.04 Å². The largest absolute Gasteiger partial charge is 0.314 e. The first-order chi connectivity index (χ1) is 9.81. The lowest BCUT2D eigenvalue weighted by atomic mass is 9.83. The first-order valence-electron chi connectivity index (χ1n) is 8.59. The Morgan fingerprint density at radius 2 is 1.70 bits per heavy atom. The van der Waals surface area contributed by atoms with Crippen molar-refractivity contribution in [2.45, 2.75) is 71.3 Å². The third-order valence-electron chi connectivity index (χ3n) is 4.89. The molecule has 1 heteroatoms. The summed E-state index contributed by atoms with van der Waals surface area (Å²) in [6.07, 6.45) is 11.2. The van der Waals surface area contributed by atoms with Crippen molar-refractivity contribution in [3.05, 3.63) is 35.4 Å². The Morgan fingerprint density at radius 3 is 2.35 bits per heavy atom. The summed E-state index contributed by atoms with van der Waals surface area (Å²) in [6, 6.07) is 9.55. The molecule has 1 atom stereocenters. The van der Waals surface area contributed by atoms with Crippen LogP contribution in [0.25, 0.3) is 0 Å². The van der Waals surface area contributed by atoms with Crippen LogP contribution in [0.4, 0.5) is 0 Å². The van der Waals surface area contributed by atoms with Gasteiger partial charge in [-0.15, -0.1) is 0 Å². The smallest absolute Gasteiger partial charge is 0.0136 e. The average molecular weight is 273 g/mol. The second-order valence-electron chi connectivity index (χ2n) is 6.40. The molecule has 1 saturated carbocycles. The molecule has 1 aliphatic rings. The van der Waals surface area contributed by atoms with Crippen LogP contribution in [0, 0.1) is 12.8 Å². The highest BCUT2D eigenvalue weighted by atomic mass is 14.9. The van der Waals surface area contributed by atoms with E-state index < -0.39 is 0 Å². The molecule has 1 nitrogen and oxygen atoms in total. The monoisotopic (exact) mass is 273 g/mol. The summed E-state index contributed by atoms with van der Waals surface area (Å²) in [5, 5.41) is 3.78. The van der Waals surface area contributed by atoms with Crippen molar-refractivity contribution in [2.24, 2.45) is 5.92 Å². The normalized spacial score (nSPS) is 19.3. The van der Waals surface area contributed by atoms with E-state index in [0.29, 0.717) is 6.04 Å². The summed E-state index contributed by atoms with van der Waals surface area (Å²) in [7, 11) is 0. The van der Waals surface area contributed by atoms with Crippen molar-refractivity contribution < 1.29 is 0 Å². The Bertz CT molecular complexity index is 377. The molecule has 1 N–H and O–H groups in total. The summed E-state index contributed by atoms with van der Waals surface area (Å²) in [6.45, 7) is 5.58. The minimum Gasteiger partial charge on any atom is -0.314 e. The molecular weight excluding hydrogens is 242 g/mol. The van der Waals surface area contributed by atoms with Gasteiger partial charge < -0.3 is 5.32 Å². The van der Waals surface area contributed by atoms with E-state index in [1.54, 1.807) is 0 Å². The summed E-state index contributed by atoms with van der Waals surface area (Å²) in [4.78, 5) is 0. The maximum absolute atomic E-state index is 3.78. The topological polar surface area (TPSA) is 12.0 Å². The average Bonchev–Trinajstić information content (AvgIpc) is 2.40. The van der Waals surface area contributed by atoms with Crippen molar-refractivity contribution >= 4 is 0 Å². The van der Waals surface area contributed by atoms with E-state index in [4.69, 9.17) is 0 Å². The molecular formula is C19H31N. The summed E-state index contributed by atoms with van der Waals surface area (Å²) >= 11 is 0. The first kappa shape index (κ1) is 15.6. The Balaban J connectivity index is 2.03. The molecule has 0 bridgehead atoms. The van der Waals surface area contributed by atoms with E-state index in [0.717, 1.165) is 12.5 Å². The maximum Gasteiger partial charge on any atom is 0.0136 e. The molecule has 1 aromatic carbocycles. The van der Waals surface area contributed by atoms with Gasteiger partial charge in [-0.1, -0.05) is 63.3 Å². The van der Waals surface area contributed by atoms with Crippen LogP contribution < -0.4 is 5.32 Å². The first-order valence-corrected chi connectivity index (χ1v) is 8.59. The number of nitrogens with one attached hydrogen (secondary N) is 1. The van der Waals surface area contributed by atoms with Crippen molar-refractivity contribution in [1.82, 2.24) is 5.32 Å². The van der Waals surface area contributed by atoms with Crippen LogP contribution >= 0.6 is 0 Å². The second-order valence-corrected chi connectivity index (χ2v) is 6.40. The van der Waals surface area contributed by atoms with E-state index >= 15 is 0 Å². The number of hydrogen-bond donors (Lipinski definition) is 1. The molecule has 0 spiro atoms. The molecule has 0 aliphatic heterocycles. The van der Waals surface area contributed by atoms with Crippen LogP contribution in [0.1, 0.15) is 63.0 Å². The molecule has 0 saturated heterocycles. The molecule has 0 heterocycles. The van der Waals surface area contributed by atoms with Gasteiger partial charge in [0.2, 0.25) is 0 Å². The lowest BCUT2D eigenvalue weighted by Gasteiger charge is -2.30. The van der Waals surface area contributed by atoms with Gasteiger partial charge in [0.15, 0.2) is 0 Å². The van der Waals surface area contributed by atoms with E-state index in [2.05, 4.69) is 43.4 Å². The fourth-order valence-corrected chi connectivity index (χ4v) is 3.63. The fraction of sp³-hybridized carbons (Fsp3) is 0.684. The van der Waals surface area contributed by atoms with Crippen molar-refractivity contribution in [2.75, 3.05) is 6.54 Å². The minimum atomic E-state index is 0.666. The molecule has 1 aliphatic carbocycles. The molecule has 2 rings (SSSR count). The van der Waals surface area contributed by atoms with Gasteiger partial charge in [0.25, 0.3) is 0 Å². The van der Waals surface area contributed by atoms with Crippen molar-refractivity contribution in [1.29, 1.82) is 0 Å². The SMILES string of the molecule is CCNC(Cc1ccccc1C)C1CCCCCCC1. The van der Waals surface area contributed by atoms with Crippen LogP contribution in [0.15, 0.2) is 24.3 Å². The minimum absolute atomic E-state index is 0.666. The van der Waals surface area contributed by atoms with Gasteiger partial charge in [-0.25, -0.2) is 0 Å². The lowest BCUT2D eigenvalue weighted by Crippen LogP contribution is -2.38. The molecule has 1 fully saturated rings. The van der Waals surface area contributed by atoms with Crippen LogP contribution in [0.2, 0.25) is 0 Å². The highest BCUT2D eigenvalue weighted by molar-refractivity contribution is 5.26. The zero-order chi connectivity index (χ0) is 14.2. The molecule has 0 amide bonds. The highest BCUT2D eigenvalue weighted by Crippen LogP contribution is 2.27. The van der Waals surface area contributed by atoms with Crippen molar-refractivity contribution in [3.63, 3.8) is 0 Å². The van der Waals surface area contributed by atoms with Gasteiger partial charge >= 0.3 is 0 Å². The molecule has 20 heavy (non-hydrogen) atoms. The maximum atomic E-state index is 3.78. The summed E-state index contributed by atoms with van der Waals surface area (Å²) < 4.78 is 0. The second kappa shape index (κ2) is 8.46. The van der Waals surface area contributed by atoms with Crippen LogP contribution in [-0.4, -0.2) is 12.6 Å². The number of rotatable bonds is 5. The van der Waals surface area contributed by atoms with Crippen LogP contribution in [-0.2, 0) is 6.42 Å². The Kier molecular flexibility index (Phi) is 6.59. The molecule has 0 radical (unpaired) electrons. The van der Waals surface area contributed by atoms with Crippen molar-refractivity contribution in [3.8, 4) is 0 Å². The Labute approximate surface area is 125 Å². The molecule has 112 valence electrons. The van der Waals surface area contributed by atoms with E-state index in [-0.39, 0.29) is 0 Å². The van der Waals surface area contributed by atoms with Gasteiger partial charge in [0.1, 0.15) is 0 Å². The van der Waals surface area contributed by atoms with E-state index in [9.17, 15) is 0 Å². The third kappa shape index (κ3) is 4.63. The molecule has 1 aromatic rings. The predicted molar refractivity (Wildman–Crippen MR) is 88.2 cm³/mol. The quantitative estimate of drug-likeness (QED) is 0.806. The highest BCUT2D eigenvalue weighted by Gasteiger charge is 2.22. The summed E-state index contributed by atoms with van der Waals surface area (Å²) in [5.74, 6) is 0.870. The van der Waals surface area contributed by atoms with Gasteiger partial charge in [-0.2, -0.15) is 0 Å².